The van der Waals surface area contributed by atoms with Crippen LogP contribution in [0.4, 0.5) is 0 Å². The smallest absolute Gasteiger partial charge is 0.148 e. The molecular formula is C21H27O2P. The van der Waals surface area contributed by atoms with Crippen LogP contribution in [0.5, 0.6) is 0 Å². The number of rotatable bonds is 3. The lowest BCUT2D eigenvalue weighted by Gasteiger charge is -2.34. The first-order chi connectivity index (χ1) is 11.6. The molecule has 3 heteroatoms. The van der Waals surface area contributed by atoms with Crippen LogP contribution in [0.2, 0.25) is 0 Å². The van der Waals surface area contributed by atoms with Gasteiger partial charge in [0.2, 0.25) is 0 Å². The van der Waals surface area contributed by atoms with E-state index < -0.39 is 13.2 Å². The van der Waals surface area contributed by atoms with E-state index in [4.69, 9.17) is 0 Å². The van der Waals surface area contributed by atoms with Crippen LogP contribution in [0, 0.1) is 5.92 Å². The van der Waals surface area contributed by atoms with E-state index in [1.807, 2.05) is 60.7 Å². The van der Waals surface area contributed by atoms with E-state index in [1.165, 1.54) is 0 Å². The van der Waals surface area contributed by atoms with Gasteiger partial charge in [0.15, 0.2) is 0 Å². The second kappa shape index (κ2) is 7.68. The van der Waals surface area contributed by atoms with Crippen molar-refractivity contribution in [1.82, 2.24) is 0 Å². The highest BCUT2D eigenvalue weighted by Gasteiger charge is 2.41. The van der Waals surface area contributed by atoms with Crippen LogP contribution in [0.1, 0.15) is 39.0 Å². The van der Waals surface area contributed by atoms with Gasteiger partial charge >= 0.3 is 0 Å². The third-order valence-corrected chi connectivity index (χ3v) is 9.01. The molecule has 2 aromatic rings. The third-order valence-electron chi connectivity index (χ3n) is 5.34. The van der Waals surface area contributed by atoms with Crippen LogP contribution in [-0.2, 0) is 4.57 Å². The molecule has 3 rings (SSSR count). The number of hydrogen-bond donors (Lipinski definition) is 1. The summed E-state index contributed by atoms with van der Waals surface area (Å²) in [6, 6.07) is 19.5. The SMILES string of the molecule is CC1CCCC(O)C(P(=O)(c2ccccc2)c2ccccc2)CC1. The topological polar surface area (TPSA) is 37.3 Å². The molecule has 0 saturated heterocycles. The number of benzene rings is 2. The summed E-state index contributed by atoms with van der Waals surface area (Å²) in [6.45, 7) is 2.27. The Morgan fingerprint density at radius 3 is 1.92 bits per heavy atom. The summed E-state index contributed by atoms with van der Waals surface area (Å²) in [6.07, 6.45) is 4.28. The average Bonchev–Trinajstić information content (AvgIpc) is 2.61. The maximum Gasteiger partial charge on any atom is 0.148 e. The van der Waals surface area contributed by atoms with Crippen LogP contribution in [-0.4, -0.2) is 16.9 Å². The van der Waals surface area contributed by atoms with Gasteiger partial charge in [0.25, 0.3) is 0 Å². The fraction of sp³-hybridized carbons (Fsp3) is 0.429. The first kappa shape index (κ1) is 17.5. The first-order valence-electron chi connectivity index (χ1n) is 9.01. The molecule has 2 aromatic carbocycles. The van der Waals surface area contributed by atoms with Crippen molar-refractivity contribution in [2.24, 2.45) is 5.92 Å². The highest BCUT2D eigenvalue weighted by atomic mass is 31.2. The summed E-state index contributed by atoms with van der Waals surface area (Å²) in [5.74, 6) is 0.639. The van der Waals surface area contributed by atoms with Crippen LogP contribution < -0.4 is 10.6 Å². The van der Waals surface area contributed by atoms with Crippen LogP contribution in [0.3, 0.4) is 0 Å². The second-order valence-electron chi connectivity index (χ2n) is 7.08. The summed E-state index contributed by atoms with van der Waals surface area (Å²) >= 11 is 0. The molecule has 0 aromatic heterocycles. The fourth-order valence-corrected chi connectivity index (χ4v) is 7.36. The molecule has 0 spiro atoms. The fourth-order valence-electron chi connectivity index (χ4n) is 3.91. The van der Waals surface area contributed by atoms with E-state index in [0.29, 0.717) is 5.92 Å². The molecule has 1 fully saturated rings. The summed E-state index contributed by atoms with van der Waals surface area (Å²) in [5.41, 5.74) is -0.190. The highest BCUT2D eigenvalue weighted by Crippen LogP contribution is 2.53. The van der Waals surface area contributed by atoms with Crippen molar-refractivity contribution >= 4 is 17.8 Å². The molecule has 0 amide bonds. The van der Waals surface area contributed by atoms with Gasteiger partial charge in [-0.1, -0.05) is 80.4 Å². The summed E-state index contributed by atoms with van der Waals surface area (Å²) in [7, 11) is -2.88. The molecule has 1 saturated carbocycles. The molecule has 0 aliphatic heterocycles. The van der Waals surface area contributed by atoms with Crippen molar-refractivity contribution in [1.29, 1.82) is 0 Å². The Morgan fingerprint density at radius 1 is 0.833 bits per heavy atom. The number of aliphatic hydroxyl groups excluding tert-OH is 1. The molecule has 1 aliphatic rings. The van der Waals surface area contributed by atoms with Crippen molar-refractivity contribution in [3.05, 3.63) is 60.7 Å². The zero-order valence-corrected chi connectivity index (χ0v) is 15.2. The van der Waals surface area contributed by atoms with E-state index in [-0.39, 0.29) is 5.66 Å². The number of hydrogen-bond acceptors (Lipinski definition) is 2. The predicted molar refractivity (Wildman–Crippen MR) is 102 cm³/mol. The Kier molecular flexibility index (Phi) is 5.58. The van der Waals surface area contributed by atoms with E-state index in [2.05, 4.69) is 6.92 Å². The molecule has 1 aliphatic carbocycles. The average molecular weight is 342 g/mol. The quantitative estimate of drug-likeness (QED) is 0.843. The van der Waals surface area contributed by atoms with Crippen molar-refractivity contribution in [3.63, 3.8) is 0 Å². The van der Waals surface area contributed by atoms with E-state index in [9.17, 15) is 9.67 Å². The maximum absolute atomic E-state index is 14.4. The molecule has 1 N–H and O–H groups in total. The van der Waals surface area contributed by atoms with Gasteiger partial charge in [-0.15, -0.1) is 0 Å². The lowest BCUT2D eigenvalue weighted by atomic mass is 9.91. The van der Waals surface area contributed by atoms with Crippen LogP contribution in [0.25, 0.3) is 0 Å². The van der Waals surface area contributed by atoms with Gasteiger partial charge in [0.1, 0.15) is 7.14 Å². The zero-order chi connectivity index (χ0) is 17.0. The lowest BCUT2D eigenvalue weighted by Crippen LogP contribution is -2.36. The van der Waals surface area contributed by atoms with Gasteiger partial charge in [-0.2, -0.15) is 0 Å². The van der Waals surface area contributed by atoms with Crippen molar-refractivity contribution in [2.45, 2.75) is 50.8 Å². The van der Waals surface area contributed by atoms with Gasteiger partial charge in [-0.05, 0) is 25.2 Å². The molecule has 3 atom stereocenters. The van der Waals surface area contributed by atoms with E-state index in [0.717, 1.165) is 42.7 Å². The predicted octanol–water partition coefficient (Wildman–Crippen LogP) is 4.33. The van der Waals surface area contributed by atoms with Crippen LogP contribution >= 0.6 is 7.14 Å². The molecule has 0 radical (unpaired) electrons. The zero-order valence-electron chi connectivity index (χ0n) is 14.3. The van der Waals surface area contributed by atoms with Gasteiger partial charge in [0.05, 0.1) is 6.10 Å². The van der Waals surface area contributed by atoms with Gasteiger partial charge in [0, 0.05) is 16.3 Å². The Morgan fingerprint density at radius 2 is 1.38 bits per heavy atom. The van der Waals surface area contributed by atoms with E-state index >= 15 is 0 Å². The molecule has 0 heterocycles. The first-order valence-corrected chi connectivity index (χ1v) is 10.8. The largest absolute Gasteiger partial charge is 0.392 e. The van der Waals surface area contributed by atoms with Crippen molar-refractivity contribution in [3.8, 4) is 0 Å². The Bertz CT molecular complexity index is 640. The Hall–Kier alpha value is -1.37. The van der Waals surface area contributed by atoms with Crippen molar-refractivity contribution < 1.29 is 9.67 Å². The molecule has 128 valence electrons. The number of aliphatic hydroxyl groups is 1. The van der Waals surface area contributed by atoms with Gasteiger partial charge < -0.3 is 9.67 Å². The van der Waals surface area contributed by atoms with Crippen molar-refractivity contribution in [2.75, 3.05) is 0 Å². The van der Waals surface area contributed by atoms with Gasteiger partial charge in [-0.3, -0.25) is 0 Å². The van der Waals surface area contributed by atoms with Gasteiger partial charge in [-0.25, -0.2) is 0 Å². The summed E-state index contributed by atoms with van der Waals surface area (Å²) in [5, 5.41) is 12.6. The second-order valence-corrected chi connectivity index (χ2v) is 10.1. The summed E-state index contributed by atoms with van der Waals surface area (Å²) in [4.78, 5) is 0. The minimum absolute atomic E-state index is 0.190. The molecule has 24 heavy (non-hydrogen) atoms. The monoisotopic (exact) mass is 342 g/mol. The molecule has 0 bridgehead atoms. The van der Waals surface area contributed by atoms with Crippen LogP contribution in [0.15, 0.2) is 60.7 Å². The summed E-state index contributed by atoms with van der Waals surface area (Å²) < 4.78 is 14.4. The Balaban J connectivity index is 2.08. The molecule has 3 unspecified atom stereocenters. The lowest BCUT2D eigenvalue weighted by molar-refractivity contribution is 0.138. The minimum Gasteiger partial charge on any atom is -0.392 e. The maximum atomic E-state index is 14.4. The standard InChI is InChI=1S/C21H27O2P/c1-17-9-8-14-20(22)21(16-15-17)24(23,18-10-4-2-5-11-18)19-12-6-3-7-13-19/h2-7,10-13,17,20-22H,8-9,14-16H2,1H3. The Labute approximate surface area is 145 Å². The normalized spacial score (nSPS) is 25.7. The van der Waals surface area contributed by atoms with E-state index in [1.54, 1.807) is 0 Å². The third kappa shape index (κ3) is 3.50. The minimum atomic E-state index is -2.88. The molecule has 2 nitrogen and oxygen atoms in total. The highest BCUT2D eigenvalue weighted by molar-refractivity contribution is 7.79. The molecular weight excluding hydrogens is 315 g/mol.